The highest BCUT2D eigenvalue weighted by atomic mass is 127. The molecule has 4 nitrogen and oxygen atoms in total. The smallest absolute Gasteiger partial charge is 0.410 e. The second kappa shape index (κ2) is 7.90. The quantitative estimate of drug-likeness (QED) is 0.598. The lowest BCUT2D eigenvalue weighted by Crippen LogP contribution is -2.43. The van der Waals surface area contributed by atoms with Gasteiger partial charge in [0.15, 0.2) is 0 Å². The molecule has 1 aliphatic carbocycles. The first kappa shape index (κ1) is 20.9. The van der Waals surface area contributed by atoms with Gasteiger partial charge in [-0.2, -0.15) is 0 Å². The summed E-state index contributed by atoms with van der Waals surface area (Å²) in [6, 6.07) is 6.80. The zero-order valence-electron chi connectivity index (χ0n) is 16.9. The number of hydrogen-bond acceptors (Lipinski definition) is 3. The molecule has 1 N–H and O–H groups in total. The number of halogens is 1. The summed E-state index contributed by atoms with van der Waals surface area (Å²) in [5.41, 5.74) is 2.27. The van der Waals surface area contributed by atoms with Crippen LogP contribution in [-0.2, 0) is 10.2 Å². The second-order valence-electron chi connectivity index (χ2n) is 9.26. The number of carbonyl (C=O) groups is 1. The van der Waals surface area contributed by atoms with Crippen molar-refractivity contribution in [3.8, 4) is 0 Å². The number of carbonyl (C=O) groups excluding carboxylic acids is 1. The lowest BCUT2D eigenvalue weighted by atomic mass is 9.61. The molecule has 0 unspecified atom stereocenters. The van der Waals surface area contributed by atoms with E-state index in [0.717, 1.165) is 45.2 Å². The van der Waals surface area contributed by atoms with Crippen LogP contribution in [0.25, 0.3) is 0 Å². The van der Waals surface area contributed by atoms with Crippen molar-refractivity contribution in [2.45, 2.75) is 76.9 Å². The molecule has 27 heavy (non-hydrogen) atoms. The summed E-state index contributed by atoms with van der Waals surface area (Å²) in [6.45, 7) is 9.41. The fourth-order valence-electron chi connectivity index (χ4n) is 4.71. The molecule has 1 aromatic carbocycles. The Bertz CT molecular complexity index is 689. The van der Waals surface area contributed by atoms with Gasteiger partial charge in [-0.05, 0) is 106 Å². The van der Waals surface area contributed by atoms with Gasteiger partial charge in [0, 0.05) is 22.1 Å². The third kappa shape index (κ3) is 4.61. The minimum atomic E-state index is -0.463. The maximum Gasteiger partial charge on any atom is 0.410 e. The number of aliphatic hydroxyl groups is 1. The van der Waals surface area contributed by atoms with Crippen LogP contribution in [0.4, 0.5) is 4.79 Å². The Morgan fingerprint density at radius 1 is 1.26 bits per heavy atom. The first-order valence-corrected chi connectivity index (χ1v) is 11.1. The van der Waals surface area contributed by atoms with Crippen molar-refractivity contribution in [3.05, 3.63) is 32.9 Å². The van der Waals surface area contributed by atoms with Crippen molar-refractivity contribution in [3.63, 3.8) is 0 Å². The number of nitrogens with zero attached hydrogens (tertiary/aromatic N) is 1. The van der Waals surface area contributed by atoms with E-state index in [1.165, 1.54) is 14.7 Å². The van der Waals surface area contributed by atoms with Crippen molar-refractivity contribution >= 4 is 28.7 Å². The molecule has 1 amide bonds. The molecule has 1 aromatic rings. The molecular formula is C22H32INO3. The standard InChI is InChI=1S/C22H32INO3/c1-15-13-16(5-6-19(15)23)22(10-7-18(25)8-11-22)17-9-12-24(14-17)20(26)27-21(2,3)4/h5-6,13,17-18,25H,7-12,14H2,1-4H3/t17-,18?,22?/m0/s1. The van der Waals surface area contributed by atoms with Gasteiger partial charge in [-0.1, -0.05) is 12.1 Å². The Morgan fingerprint density at radius 3 is 2.52 bits per heavy atom. The van der Waals surface area contributed by atoms with Gasteiger partial charge in [-0.25, -0.2) is 4.79 Å². The van der Waals surface area contributed by atoms with Gasteiger partial charge < -0.3 is 14.7 Å². The molecule has 0 aromatic heterocycles. The average molecular weight is 485 g/mol. The van der Waals surface area contributed by atoms with E-state index in [1.807, 2.05) is 25.7 Å². The van der Waals surface area contributed by atoms with Crippen LogP contribution in [-0.4, -0.2) is 40.9 Å². The molecule has 1 aliphatic heterocycles. The molecule has 5 heteroatoms. The van der Waals surface area contributed by atoms with Crippen molar-refractivity contribution in [2.75, 3.05) is 13.1 Å². The molecule has 0 spiro atoms. The second-order valence-corrected chi connectivity index (χ2v) is 10.4. The van der Waals surface area contributed by atoms with Gasteiger partial charge in [-0.3, -0.25) is 0 Å². The van der Waals surface area contributed by atoms with Gasteiger partial charge >= 0.3 is 6.09 Å². The molecule has 0 radical (unpaired) electrons. The van der Waals surface area contributed by atoms with E-state index in [0.29, 0.717) is 5.92 Å². The predicted octanol–water partition coefficient (Wildman–Crippen LogP) is 5.03. The monoisotopic (exact) mass is 485 g/mol. The van der Waals surface area contributed by atoms with Crippen molar-refractivity contribution < 1.29 is 14.6 Å². The predicted molar refractivity (Wildman–Crippen MR) is 116 cm³/mol. The number of aryl methyl sites for hydroxylation is 1. The number of hydrogen-bond donors (Lipinski definition) is 1. The van der Waals surface area contributed by atoms with Gasteiger partial charge in [0.1, 0.15) is 5.60 Å². The molecule has 2 fully saturated rings. The normalized spacial score (nSPS) is 29.0. The van der Waals surface area contributed by atoms with E-state index in [-0.39, 0.29) is 17.6 Å². The Labute approximate surface area is 176 Å². The molecule has 1 saturated carbocycles. The number of benzene rings is 1. The summed E-state index contributed by atoms with van der Waals surface area (Å²) in [5.74, 6) is 0.414. The SMILES string of the molecule is Cc1cc(C2([C@H]3CCN(C(=O)OC(C)(C)C)C3)CCC(O)CC2)ccc1I. The van der Waals surface area contributed by atoms with E-state index < -0.39 is 5.60 Å². The highest BCUT2D eigenvalue weighted by Crippen LogP contribution is 2.48. The number of ether oxygens (including phenoxy) is 1. The van der Waals surface area contributed by atoms with Crippen molar-refractivity contribution in [2.24, 2.45) is 5.92 Å². The van der Waals surface area contributed by atoms with Crippen molar-refractivity contribution in [1.82, 2.24) is 4.90 Å². The highest BCUT2D eigenvalue weighted by Gasteiger charge is 2.46. The van der Waals surface area contributed by atoms with Crippen LogP contribution in [0.3, 0.4) is 0 Å². The van der Waals surface area contributed by atoms with Crippen LogP contribution in [0.1, 0.15) is 64.0 Å². The van der Waals surface area contributed by atoms with Gasteiger partial charge in [0.25, 0.3) is 0 Å². The minimum absolute atomic E-state index is 0.0467. The molecule has 150 valence electrons. The first-order valence-electron chi connectivity index (χ1n) is 10.0. The number of rotatable bonds is 2. The third-order valence-electron chi connectivity index (χ3n) is 6.20. The molecule has 1 atom stereocenters. The fourth-order valence-corrected chi connectivity index (χ4v) is 5.04. The minimum Gasteiger partial charge on any atom is -0.444 e. The first-order chi connectivity index (χ1) is 12.6. The van der Waals surface area contributed by atoms with Crippen molar-refractivity contribution in [1.29, 1.82) is 0 Å². The summed E-state index contributed by atoms with van der Waals surface area (Å²) < 4.78 is 6.88. The Kier molecular flexibility index (Phi) is 6.11. The van der Waals surface area contributed by atoms with Gasteiger partial charge in [0.05, 0.1) is 6.10 Å². The molecular weight excluding hydrogens is 453 g/mol. The lowest BCUT2D eigenvalue weighted by Gasteiger charge is -2.44. The van der Waals surface area contributed by atoms with E-state index in [2.05, 4.69) is 47.7 Å². The van der Waals surface area contributed by atoms with Gasteiger partial charge in [-0.15, -0.1) is 0 Å². The zero-order chi connectivity index (χ0) is 19.8. The number of likely N-dealkylation sites (tertiary alicyclic amines) is 1. The molecule has 0 bridgehead atoms. The van der Waals surface area contributed by atoms with E-state index in [4.69, 9.17) is 4.74 Å². The Morgan fingerprint density at radius 2 is 1.93 bits per heavy atom. The topological polar surface area (TPSA) is 49.8 Å². The lowest BCUT2D eigenvalue weighted by molar-refractivity contribution is 0.0263. The summed E-state index contributed by atoms with van der Waals surface area (Å²) in [6.07, 6.45) is 4.27. The summed E-state index contributed by atoms with van der Waals surface area (Å²) in [7, 11) is 0. The molecule has 1 saturated heterocycles. The number of amides is 1. The summed E-state index contributed by atoms with van der Waals surface area (Å²) in [5, 5.41) is 10.1. The van der Waals surface area contributed by atoms with Gasteiger partial charge in [0.2, 0.25) is 0 Å². The zero-order valence-corrected chi connectivity index (χ0v) is 19.1. The maximum absolute atomic E-state index is 12.5. The average Bonchev–Trinajstić information content (AvgIpc) is 3.08. The maximum atomic E-state index is 12.5. The van der Waals surface area contributed by atoms with Crippen LogP contribution >= 0.6 is 22.6 Å². The van der Waals surface area contributed by atoms with Crippen LogP contribution in [0.5, 0.6) is 0 Å². The molecule has 2 aliphatic rings. The van der Waals surface area contributed by atoms with Crippen LogP contribution in [0.2, 0.25) is 0 Å². The highest BCUT2D eigenvalue weighted by molar-refractivity contribution is 14.1. The van der Waals surface area contributed by atoms with Crippen LogP contribution in [0.15, 0.2) is 18.2 Å². The van der Waals surface area contributed by atoms with E-state index >= 15 is 0 Å². The number of aliphatic hydroxyl groups excluding tert-OH is 1. The fraction of sp³-hybridized carbons (Fsp3) is 0.682. The van der Waals surface area contributed by atoms with Crippen LogP contribution in [0, 0.1) is 16.4 Å². The third-order valence-corrected chi connectivity index (χ3v) is 7.41. The molecule has 3 rings (SSSR count). The Hall–Kier alpha value is -0.820. The Balaban J connectivity index is 1.84. The van der Waals surface area contributed by atoms with Crippen LogP contribution < -0.4 is 0 Å². The van der Waals surface area contributed by atoms with E-state index in [1.54, 1.807) is 0 Å². The van der Waals surface area contributed by atoms with E-state index in [9.17, 15) is 9.90 Å². The summed E-state index contributed by atoms with van der Waals surface area (Å²) in [4.78, 5) is 14.4. The summed E-state index contributed by atoms with van der Waals surface area (Å²) >= 11 is 2.38. The molecule has 1 heterocycles. The largest absolute Gasteiger partial charge is 0.444 e.